The van der Waals surface area contributed by atoms with Crippen LogP contribution in [-0.4, -0.2) is 34.0 Å². The summed E-state index contributed by atoms with van der Waals surface area (Å²) in [7, 11) is -3.47. The van der Waals surface area contributed by atoms with Crippen molar-refractivity contribution in [1.82, 2.24) is 10.0 Å². The van der Waals surface area contributed by atoms with Crippen molar-refractivity contribution < 1.29 is 17.9 Å². The van der Waals surface area contributed by atoms with Gasteiger partial charge < -0.3 is 10.1 Å². The van der Waals surface area contributed by atoms with E-state index in [2.05, 4.69) is 23.9 Å². The van der Waals surface area contributed by atoms with Crippen molar-refractivity contribution in [3.05, 3.63) is 65.7 Å². The van der Waals surface area contributed by atoms with Gasteiger partial charge in [-0.2, -0.15) is 0 Å². The van der Waals surface area contributed by atoms with Gasteiger partial charge in [-0.05, 0) is 47.4 Å². The Morgan fingerprint density at radius 2 is 1.72 bits per heavy atom. The van der Waals surface area contributed by atoms with Crippen LogP contribution in [0.1, 0.15) is 37.8 Å². The summed E-state index contributed by atoms with van der Waals surface area (Å²) in [5.41, 5.74) is 1.99. The smallest absolute Gasteiger partial charge is 0.244 e. The predicted octanol–water partition coefficient (Wildman–Crippen LogP) is 3.32. The summed E-state index contributed by atoms with van der Waals surface area (Å²) in [5, 5.41) is 2.75. The molecule has 0 heterocycles. The van der Waals surface area contributed by atoms with Crippen LogP contribution in [-0.2, 0) is 14.8 Å². The number of nitrogens with one attached hydrogen (secondary N) is 2. The first-order valence-corrected chi connectivity index (χ1v) is 11.1. The van der Waals surface area contributed by atoms with Gasteiger partial charge in [-0.3, -0.25) is 4.79 Å². The molecule has 156 valence electrons. The number of benzene rings is 2. The van der Waals surface area contributed by atoms with Gasteiger partial charge >= 0.3 is 0 Å². The summed E-state index contributed by atoms with van der Waals surface area (Å²) in [4.78, 5) is 12.1. The molecule has 1 amide bonds. The molecule has 0 aliphatic heterocycles. The van der Waals surface area contributed by atoms with E-state index >= 15 is 0 Å². The van der Waals surface area contributed by atoms with E-state index in [1.165, 1.54) is 23.8 Å². The van der Waals surface area contributed by atoms with Gasteiger partial charge in [0.25, 0.3) is 0 Å². The second kappa shape index (κ2) is 10.8. The summed E-state index contributed by atoms with van der Waals surface area (Å²) < 4.78 is 31.9. The van der Waals surface area contributed by atoms with Crippen LogP contribution in [0.15, 0.2) is 59.5 Å². The molecule has 0 unspecified atom stereocenters. The number of hydrogen-bond donors (Lipinski definition) is 2. The fourth-order valence-electron chi connectivity index (χ4n) is 2.55. The van der Waals surface area contributed by atoms with Crippen LogP contribution < -0.4 is 14.8 Å². The van der Waals surface area contributed by atoms with Crippen molar-refractivity contribution in [2.45, 2.75) is 31.6 Å². The molecule has 0 fully saturated rings. The molecule has 2 aromatic carbocycles. The Morgan fingerprint density at radius 3 is 2.31 bits per heavy atom. The first kappa shape index (κ1) is 22.6. The lowest BCUT2D eigenvalue weighted by Gasteiger charge is -2.09. The quantitative estimate of drug-likeness (QED) is 0.460. The highest BCUT2D eigenvalue weighted by Gasteiger charge is 2.11. The van der Waals surface area contributed by atoms with Crippen LogP contribution in [0.2, 0.25) is 0 Å². The number of amides is 1. The number of carbonyl (C=O) groups is 1. The van der Waals surface area contributed by atoms with E-state index in [0.717, 1.165) is 11.3 Å². The Bertz CT molecular complexity index is 918. The Balaban J connectivity index is 1.76. The van der Waals surface area contributed by atoms with Gasteiger partial charge in [-0.25, -0.2) is 13.1 Å². The molecule has 0 aliphatic rings. The number of carbonyl (C=O) groups excluding carboxylic acids is 1. The second-order valence-electron chi connectivity index (χ2n) is 6.77. The molecule has 29 heavy (non-hydrogen) atoms. The number of hydrogen-bond acceptors (Lipinski definition) is 4. The van der Waals surface area contributed by atoms with Gasteiger partial charge in [0, 0.05) is 12.6 Å². The van der Waals surface area contributed by atoms with E-state index in [1.54, 1.807) is 25.1 Å². The second-order valence-corrected chi connectivity index (χ2v) is 8.53. The lowest BCUT2D eigenvalue weighted by molar-refractivity contribution is -0.116. The van der Waals surface area contributed by atoms with Crippen LogP contribution in [0.3, 0.4) is 0 Å². The summed E-state index contributed by atoms with van der Waals surface area (Å²) in [6.45, 7) is 7.09. The van der Waals surface area contributed by atoms with Gasteiger partial charge in [0.15, 0.2) is 0 Å². The third-order valence-electron chi connectivity index (χ3n) is 4.17. The number of sulfonamides is 1. The zero-order valence-corrected chi connectivity index (χ0v) is 17.8. The molecule has 7 heteroatoms. The third kappa shape index (κ3) is 7.36. The summed E-state index contributed by atoms with van der Waals surface area (Å²) in [6, 6.07) is 14.2. The average molecular weight is 417 g/mol. The highest BCUT2D eigenvalue weighted by molar-refractivity contribution is 7.89. The van der Waals surface area contributed by atoms with Crippen LogP contribution in [0.5, 0.6) is 5.75 Å². The molecule has 0 atom stereocenters. The van der Waals surface area contributed by atoms with E-state index in [0.29, 0.717) is 25.6 Å². The molecule has 2 N–H and O–H groups in total. The number of rotatable bonds is 10. The lowest BCUT2D eigenvalue weighted by atomic mass is 10.0. The van der Waals surface area contributed by atoms with Gasteiger partial charge in [0.2, 0.25) is 15.9 Å². The molecule has 0 saturated heterocycles. The fraction of sp³-hybridized carbons (Fsp3) is 0.318. The summed E-state index contributed by atoms with van der Waals surface area (Å²) in [5.74, 6) is 1.00. The van der Waals surface area contributed by atoms with Gasteiger partial charge in [-0.1, -0.05) is 45.0 Å². The topological polar surface area (TPSA) is 84.5 Å². The molecule has 6 nitrogen and oxygen atoms in total. The van der Waals surface area contributed by atoms with Crippen molar-refractivity contribution in [2.75, 3.05) is 19.7 Å². The van der Waals surface area contributed by atoms with Gasteiger partial charge in [-0.15, -0.1) is 0 Å². The Kier molecular flexibility index (Phi) is 8.42. The van der Waals surface area contributed by atoms with Crippen LogP contribution in [0.25, 0.3) is 6.08 Å². The first-order valence-electron chi connectivity index (χ1n) is 9.60. The molecule has 0 bridgehead atoms. The van der Waals surface area contributed by atoms with Crippen molar-refractivity contribution >= 4 is 22.0 Å². The molecule has 0 aliphatic carbocycles. The minimum Gasteiger partial charge on any atom is -0.492 e. The standard InChI is InChI=1S/C22H28N2O4S/c1-4-24-29(26,27)21-12-5-18(6-13-21)7-14-22(25)23-15-16-28-20-10-8-19(9-11-20)17(2)3/h5-14,17,24H,4,15-16H2,1-3H3,(H,23,25)/b14-7+. The molecular formula is C22H28N2O4S. The normalized spacial score (nSPS) is 11.7. The minimum absolute atomic E-state index is 0.194. The Labute approximate surface area is 173 Å². The van der Waals surface area contributed by atoms with Crippen molar-refractivity contribution in [2.24, 2.45) is 0 Å². The molecular weight excluding hydrogens is 388 g/mol. The lowest BCUT2D eigenvalue weighted by Crippen LogP contribution is -2.26. The van der Waals surface area contributed by atoms with Crippen molar-refractivity contribution in [3.8, 4) is 5.75 Å². The Hall–Kier alpha value is -2.64. The largest absolute Gasteiger partial charge is 0.492 e. The van der Waals surface area contributed by atoms with E-state index in [9.17, 15) is 13.2 Å². The summed E-state index contributed by atoms with van der Waals surface area (Å²) >= 11 is 0. The molecule has 0 radical (unpaired) electrons. The van der Waals surface area contributed by atoms with E-state index < -0.39 is 10.0 Å². The van der Waals surface area contributed by atoms with Gasteiger partial charge in [0.1, 0.15) is 12.4 Å². The monoisotopic (exact) mass is 416 g/mol. The molecule has 0 aromatic heterocycles. The maximum Gasteiger partial charge on any atom is 0.244 e. The maximum absolute atomic E-state index is 11.9. The van der Waals surface area contributed by atoms with Crippen molar-refractivity contribution in [3.63, 3.8) is 0 Å². The third-order valence-corrected chi connectivity index (χ3v) is 5.73. The zero-order valence-electron chi connectivity index (χ0n) is 17.0. The van der Waals surface area contributed by atoms with E-state index in [4.69, 9.17) is 4.74 Å². The average Bonchev–Trinajstić information content (AvgIpc) is 2.70. The Morgan fingerprint density at radius 1 is 1.07 bits per heavy atom. The van der Waals surface area contributed by atoms with Crippen LogP contribution in [0.4, 0.5) is 0 Å². The molecule has 0 spiro atoms. The van der Waals surface area contributed by atoms with Crippen LogP contribution >= 0.6 is 0 Å². The van der Waals surface area contributed by atoms with Gasteiger partial charge in [0.05, 0.1) is 11.4 Å². The molecule has 2 rings (SSSR count). The highest BCUT2D eigenvalue weighted by atomic mass is 32.2. The molecule has 2 aromatic rings. The minimum atomic E-state index is -3.47. The predicted molar refractivity (Wildman–Crippen MR) is 115 cm³/mol. The zero-order chi connectivity index (χ0) is 21.3. The van der Waals surface area contributed by atoms with Crippen LogP contribution in [0, 0.1) is 0 Å². The highest BCUT2D eigenvalue weighted by Crippen LogP contribution is 2.18. The molecule has 0 saturated carbocycles. The van der Waals surface area contributed by atoms with E-state index in [1.807, 2.05) is 24.3 Å². The SMILES string of the molecule is CCNS(=O)(=O)c1ccc(/C=C/C(=O)NCCOc2ccc(C(C)C)cc2)cc1. The summed E-state index contributed by atoms with van der Waals surface area (Å²) in [6.07, 6.45) is 3.04. The number of ether oxygens (including phenoxy) is 1. The van der Waals surface area contributed by atoms with Crippen molar-refractivity contribution in [1.29, 1.82) is 0 Å². The maximum atomic E-state index is 11.9. The van der Waals surface area contributed by atoms with E-state index in [-0.39, 0.29) is 10.8 Å². The fourth-order valence-corrected chi connectivity index (χ4v) is 3.60. The first-order chi connectivity index (χ1) is 13.8.